The number of ether oxygens (including phenoxy) is 3. The lowest BCUT2D eigenvalue weighted by Gasteiger charge is -2.09. The standard InChI is InChI=1S/C15H14N2O7/c1-8-4-12(13(17(20)21)14(18)16-8)24-15(19)9-5-10(22-2)7-11(6-9)23-3/h4-7H,1-3H3,(H,16,18). The zero-order valence-corrected chi connectivity index (χ0v) is 13.1. The number of pyridine rings is 1. The van der Waals surface area contributed by atoms with Crippen molar-refractivity contribution in [3.05, 3.63) is 56.0 Å². The van der Waals surface area contributed by atoms with Crippen LogP contribution in [0.3, 0.4) is 0 Å². The van der Waals surface area contributed by atoms with E-state index in [-0.39, 0.29) is 5.56 Å². The summed E-state index contributed by atoms with van der Waals surface area (Å²) < 4.78 is 15.1. The number of aromatic nitrogens is 1. The summed E-state index contributed by atoms with van der Waals surface area (Å²) in [5, 5.41) is 11.0. The normalized spacial score (nSPS) is 10.1. The van der Waals surface area contributed by atoms with E-state index in [1.807, 2.05) is 0 Å². The smallest absolute Gasteiger partial charge is 0.376 e. The molecular weight excluding hydrogens is 320 g/mol. The molecule has 2 rings (SSSR count). The molecule has 9 heteroatoms. The van der Waals surface area contributed by atoms with E-state index in [1.54, 1.807) is 6.07 Å². The lowest BCUT2D eigenvalue weighted by Crippen LogP contribution is -2.17. The number of esters is 1. The van der Waals surface area contributed by atoms with Crippen LogP contribution in [0.2, 0.25) is 0 Å². The van der Waals surface area contributed by atoms with Crippen molar-refractivity contribution in [1.29, 1.82) is 0 Å². The van der Waals surface area contributed by atoms with Crippen molar-refractivity contribution in [1.82, 2.24) is 4.98 Å². The first-order chi connectivity index (χ1) is 11.3. The number of aromatic amines is 1. The number of H-pyrrole nitrogens is 1. The molecule has 1 aromatic heterocycles. The number of carbonyl (C=O) groups is 1. The molecule has 0 aliphatic carbocycles. The Kier molecular flexibility index (Phi) is 4.83. The van der Waals surface area contributed by atoms with Crippen LogP contribution in [0.25, 0.3) is 0 Å². The molecular formula is C15H14N2O7. The van der Waals surface area contributed by atoms with E-state index in [1.165, 1.54) is 39.3 Å². The van der Waals surface area contributed by atoms with Crippen LogP contribution in [0.1, 0.15) is 16.1 Å². The lowest BCUT2D eigenvalue weighted by atomic mass is 10.2. The third-order valence-electron chi connectivity index (χ3n) is 3.08. The Hall–Kier alpha value is -3.36. The summed E-state index contributed by atoms with van der Waals surface area (Å²) >= 11 is 0. The molecule has 24 heavy (non-hydrogen) atoms. The number of nitro groups is 1. The van der Waals surface area contributed by atoms with Gasteiger partial charge < -0.3 is 19.2 Å². The summed E-state index contributed by atoms with van der Waals surface area (Å²) in [7, 11) is 2.82. The molecule has 0 spiro atoms. The molecule has 0 amide bonds. The number of rotatable bonds is 5. The quantitative estimate of drug-likeness (QED) is 0.503. The molecule has 0 atom stereocenters. The Balaban J connectivity index is 2.44. The Bertz CT molecular complexity index is 835. The number of hydrogen-bond donors (Lipinski definition) is 1. The van der Waals surface area contributed by atoms with E-state index >= 15 is 0 Å². The van der Waals surface area contributed by atoms with Gasteiger partial charge in [-0.3, -0.25) is 14.9 Å². The zero-order chi connectivity index (χ0) is 17.9. The first-order valence-corrected chi connectivity index (χ1v) is 6.69. The van der Waals surface area contributed by atoms with Crippen molar-refractivity contribution in [2.45, 2.75) is 6.92 Å². The maximum absolute atomic E-state index is 12.3. The van der Waals surface area contributed by atoms with Gasteiger partial charge in [-0.15, -0.1) is 0 Å². The van der Waals surface area contributed by atoms with E-state index < -0.39 is 27.9 Å². The second-order valence-electron chi connectivity index (χ2n) is 4.74. The summed E-state index contributed by atoms with van der Waals surface area (Å²) in [5.74, 6) is -0.635. The van der Waals surface area contributed by atoms with Gasteiger partial charge in [0.1, 0.15) is 11.5 Å². The second-order valence-corrected chi connectivity index (χ2v) is 4.74. The van der Waals surface area contributed by atoms with Gasteiger partial charge in [0.15, 0.2) is 0 Å². The van der Waals surface area contributed by atoms with Gasteiger partial charge in [0.2, 0.25) is 5.75 Å². The third kappa shape index (κ3) is 3.51. The maximum atomic E-state index is 12.3. The number of carbonyl (C=O) groups excluding carboxylic acids is 1. The molecule has 0 saturated heterocycles. The number of benzene rings is 1. The van der Waals surface area contributed by atoms with Crippen molar-refractivity contribution < 1.29 is 23.9 Å². The molecule has 0 fully saturated rings. The monoisotopic (exact) mass is 334 g/mol. The minimum atomic E-state index is -0.953. The molecule has 0 bridgehead atoms. The second kappa shape index (κ2) is 6.82. The topological polar surface area (TPSA) is 121 Å². The fraction of sp³-hybridized carbons (Fsp3) is 0.200. The maximum Gasteiger partial charge on any atom is 0.376 e. The van der Waals surface area contributed by atoms with E-state index in [9.17, 15) is 19.7 Å². The number of methoxy groups -OCH3 is 2. The predicted molar refractivity (Wildman–Crippen MR) is 83.0 cm³/mol. The molecule has 0 aliphatic rings. The van der Waals surface area contributed by atoms with Gasteiger partial charge in [-0.1, -0.05) is 0 Å². The van der Waals surface area contributed by atoms with Crippen LogP contribution >= 0.6 is 0 Å². The molecule has 9 nitrogen and oxygen atoms in total. The molecule has 0 saturated carbocycles. The zero-order valence-electron chi connectivity index (χ0n) is 13.1. The highest BCUT2D eigenvalue weighted by molar-refractivity contribution is 5.92. The SMILES string of the molecule is COc1cc(OC)cc(C(=O)Oc2cc(C)[nH]c(=O)c2[N+](=O)[O-])c1. The third-order valence-corrected chi connectivity index (χ3v) is 3.08. The van der Waals surface area contributed by atoms with Gasteiger partial charge >= 0.3 is 17.2 Å². The van der Waals surface area contributed by atoms with Crippen LogP contribution in [-0.2, 0) is 0 Å². The van der Waals surface area contributed by atoms with Crippen LogP contribution in [0.15, 0.2) is 29.1 Å². The minimum Gasteiger partial charge on any atom is -0.497 e. The number of nitrogens with zero attached hydrogens (tertiary/aromatic N) is 1. The van der Waals surface area contributed by atoms with Gasteiger partial charge in [0.05, 0.1) is 24.7 Å². The van der Waals surface area contributed by atoms with Crippen molar-refractivity contribution in [2.75, 3.05) is 14.2 Å². The van der Waals surface area contributed by atoms with E-state index in [0.717, 1.165) is 0 Å². The molecule has 1 aromatic carbocycles. The van der Waals surface area contributed by atoms with Gasteiger partial charge in [-0.2, -0.15) is 0 Å². The van der Waals surface area contributed by atoms with Crippen molar-refractivity contribution in [2.24, 2.45) is 0 Å². The van der Waals surface area contributed by atoms with Crippen LogP contribution in [0.4, 0.5) is 5.69 Å². The molecule has 0 unspecified atom stereocenters. The molecule has 126 valence electrons. The minimum absolute atomic E-state index is 0.0541. The fourth-order valence-electron chi connectivity index (χ4n) is 1.99. The number of nitrogens with one attached hydrogen (secondary N) is 1. The van der Waals surface area contributed by atoms with Gasteiger partial charge in [0.25, 0.3) is 0 Å². The summed E-state index contributed by atoms with van der Waals surface area (Å²) in [4.78, 5) is 36.4. The molecule has 2 aromatic rings. The molecule has 0 radical (unpaired) electrons. The molecule has 1 N–H and O–H groups in total. The Morgan fingerprint density at radius 1 is 1.12 bits per heavy atom. The summed E-state index contributed by atoms with van der Waals surface area (Å²) in [6.07, 6.45) is 0. The first-order valence-electron chi connectivity index (χ1n) is 6.69. The average Bonchev–Trinajstić information content (AvgIpc) is 2.53. The highest BCUT2D eigenvalue weighted by Crippen LogP contribution is 2.26. The number of aryl methyl sites for hydroxylation is 1. The number of hydrogen-bond acceptors (Lipinski definition) is 7. The predicted octanol–water partition coefficient (Wildman–Crippen LogP) is 1.83. The van der Waals surface area contributed by atoms with Gasteiger partial charge in [0, 0.05) is 17.8 Å². The van der Waals surface area contributed by atoms with Gasteiger partial charge in [-0.05, 0) is 19.1 Å². The Morgan fingerprint density at radius 2 is 1.71 bits per heavy atom. The Morgan fingerprint density at radius 3 is 2.21 bits per heavy atom. The van der Waals surface area contributed by atoms with Crippen molar-refractivity contribution >= 4 is 11.7 Å². The van der Waals surface area contributed by atoms with Crippen LogP contribution in [0.5, 0.6) is 17.2 Å². The van der Waals surface area contributed by atoms with Crippen LogP contribution in [0, 0.1) is 17.0 Å². The summed E-state index contributed by atoms with van der Waals surface area (Å²) in [6.45, 7) is 1.51. The highest BCUT2D eigenvalue weighted by atomic mass is 16.6. The van der Waals surface area contributed by atoms with Crippen molar-refractivity contribution in [3.63, 3.8) is 0 Å². The average molecular weight is 334 g/mol. The summed E-state index contributed by atoms with van der Waals surface area (Å²) in [6, 6.07) is 5.53. The van der Waals surface area contributed by atoms with E-state index in [2.05, 4.69) is 4.98 Å². The van der Waals surface area contributed by atoms with E-state index in [0.29, 0.717) is 17.2 Å². The van der Waals surface area contributed by atoms with Crippen molar-refractivity contribution in [3.8, 4) is 17.2 Å². The van der Waals surface area contributed by atoms with E-state index in [4.69, 9.17) is 14.2 Å². The lowest BCUT2D eigenvalue weighted by molar-refractivity contribution is -0.387. The van der Waals surface area contributed by atoms with Crippen LogP contribution in [-0.4, -0.2) is 30.1 Å². The first kappa shape index (κ1) is 17.0. The van der Waals surface area contributed by atoms with Gasteiger partial charge in [-0.25, -0.2) is 4.79 Å². The molecule has 1 heterocycles. The van der Waals surface area contributed by atoms with Crippen LogP contribution < -0.4 is 19.8 Å². The fourth-order valence-corrected chi connectivity index (χ4v) is 1.99. The Labute approximate surface area is 135 Å². The summed E-state index contributed by atoms with van der Waals surface area (Å²) in [5.41, 5.74) is -1.43. The molecule has 0 aliphatic heterocycles. The largest absolute Gasteiger partial charge is 0.497 e. The highest BCUT2D eigenvalue weighted by Gasteiger charge is 2.24.